The molecule has 14 heavy (non-hydrogen) atoms. The number of carbonyl (C=O) groups excluding carboxylic acids is 1. The highest BCUT2D eigenvalue weighted by atomic mass is 32.2. The number of ether oxygens (including phenoxy) is 1. The molecule has 0 radical (unpaired) electrons. The van der Waals surface area contributed by atoms with Crippen molar-refractivity contribution in [1.29, 1.82) is 0 Å². The van der Waals surface area contributed by atoms with E-state index in [0.717, 1.165) is 5.75 Å². The Hall–Kier alpha value is -0.420. The van der Waals surface area contributed by atoms with Crippen LogP contribution in [0.1, 0.15) is 20.8 Å². The van der Waals surface area contributed by atoms with E-state index in [2.05, 4.69) is 0 Å². The second-order valence-electron chi connectivity index (χ2n) is 4.34. The minimum Gasteiger partial charge on any atom is -0.444 e. The molecule has 0 aromatic carbocycles. The Morgan fingerprint density at radius 3 is 2.79 bits per heavy atom. The summed E-state index contributed by atoms with van der Waals surface area (Å²) < 4.78 is 5.27. The molecule has 1 fully saturated rings. The number of hydrogen-bond acceptors (Lipinski definition) is 4. The molecule has 0 aromatic rings. The topological polar surface area (TPSA) is 55.6 Å². The Morgan fingerprint density at radius 1 is 1.64 bits per heavy atom. The van der Waals surface area contributed by atoms with Crippen molar-refractivity contribution >= 4 is 17.9 Å². The van der Waals surface area contributed by atoms with Gasteiger partial charge in [0.05, 0.1) is 11.9 Å². The minimum atomic E-state index is -0.427. The van der Waals surface area contributed by atoms with Crippen molar-refractivity contribution in [3.63, 3.8) is 0 Å². The summed E-state index contributed by atoms with van der Waals surface area (Å²) in [7, 11) is 0. The van der Waals surface area contributed by atoms with E-state index in [1.807, 2.05) is 20.8 Å². The van der Waals surface area contributed by atoms with Gasteiger partial charge >= 0.3 is 6.09 Å². The standard InChI is InChI=1S/C9H18N2O2S/c1-9(2,3)13-8(12)11-6-14-5-7(11)4-10/h7H,4-6,10H2,1-3H3. The molecular weight excluding hydrogens is 200 g/mol. The molecule has 1 heterocycles. The number of rotatable bonds is 1. The number of carbonyl (C=O) groups is 1. The SMILES string of the molecule is CC(C)(C)OC(=O)N1CSCC1CN. The first kappa shape index (κ1) is 11.7. The molecule has 1 rings (SSSR count). The molecule has 1 unspecified atom stereocenters. The van der Waals surface area contributed by atoms with Crippen LogP contribution < -0.4 is 5.73 Å². The largest absolute Gasteiger partial charge is 0.444 e. The summed E-state index contributed by atoms with van der Waals surface area (Å²) in [6.07, 6.45) is -0.252. The lowest BCUT2D eigenvalue weighted by Gasteiger charge is -2.27. The summed E-state index contributed by atoms with van der Waals surface area (Å²) in [4.78, 5) is 13.4. The van der Waals surface area contributed by atoms with E-state index in [4.69, 9.17) is 10.5 Å². The van der Waals surface area contributed by atoms with E-state index in [0.29, 0.717) is 12.4 Å². The van der Waals surface area contributed by atoms with Crippen LogP contribution in [0.5, 0.6) is 0 Å². The molecule has 0 aromatic heterocycles. The predicted octanol–water partition coefficient (Wildman–Crippen LogP) is 1.26. The highest BCUT2D eigenvalue weighted by Crippen LogP contribution is 2.22. The summed E-state index contributed by atoms with van der Waals surface area (Å²) in [5.74, 6) is 1.60. The Balaban J connectivity index is 2.52. The van der Waals surface area contributed by atoms with E-state index in [-0.39, 0.29) is 12.1 Å². The monoisotopic (exact) mass is 218 g/mol. The van der Waals surface area contributed by atoms with Gasteiger partial charge in [0, 0.05) is 12.3 Å². The van der Waals surface area contributed by atoms with Crippen molar-refractivity contribution in [2.75, 3.05) is 18.2 Å². The summed E-state index contributed by atoms with van der Waals surface area (Å²) in [5, 5.41) is 0. The quantitative estimate of drug-likeness (QED) is 0.720. The van der Waals surface area contributed by atoms with Gasteiger partial charge in [-0.05, 0) is 20.8 Å². The van der Waals surface area contributed by atoms with Gasteiger partial charge in [0.2, 0.25) is 0 Å². The maximum Gasteiger partial charge on any atom is 0.411 e. The van der Waals surface area contributed by atoms with Crippen molar-refractivity contribution in [1.82, 2.24) is 4.90 Å². The smallest absolute Gasteiger partial charge is 0.411 e. The number of amides is 1. The first-order valence-electron chi connectivity index (χ1n) is 4.71. The summed E-state index contributed by atoms with van der Waals surface area (Å²) in [6, 6.07) is 0.134. The molecule has 82 valence electrons. The summed E-state index contributed by atoms with van der Waals surface area (Å²) in [6.45, 7) is 6.11. The van der Waals surface area contributed by atoms with Crippen LogP contribution in [0.3, 0.4) is 0 Å². The fourth-order valence-corrected chi connectivity index (χ4v) is 2.41. The molecule has 1 atom stereocenters. The molecule has 1 saturated heterocycles. The molecule has 0 spiro atoms. The fraction of sp³-hybridized carbons (Fsp3) is 0.889. The Kier molecular flexibility index (Phi) is 3.66. The number of thioether (sulfide) groups is 1. The van der Waals surface area contributed by atoms with E-state index in [1.165, 1.54) is 0 Å². The highest BCUT2D eigenvalue weighted by Gasteiger charge is 2.31. The van der Waals surface area contributed by atoms with Gasteiger partial charge in [-0.15, -0.1) is 11.8 Å². The second-order valence-corrected chi connectivity index (χ2v) is 5.34. The van der Waals surface area contributed by atoms with Crippen LogP contribution in [-0.2, 0) is 4.74 Å². The predicted molar refractivity (Wildman–Crippen MR) is 58.2 cm³/mol. The van der Waals surface area contributed by atoms with Crippen LogP contribution in [0.25, 0.3) is 0 Å². The highest BCUT2D eigenvalue weighted by molar-refractivity contribution is 7.99. The minimum absolute atomic E-state index is 0.134. The fourth-order valence-electron chi connectivity index (χ4n) is 1.20. The lowest BCUT2D eigenvalue weighted by atomic mass is 10.2. The third-order valence-corrected chi connectivity index (χ3v) is 2.96. The van der Waals surface area contributed by atoms with Crippen molar-refractivity contribution in [2.45, 2.75) is 32.4 Å². The summed E-state index contributed by atoms with van der Waals surface area (Å²) >= 11 is 1.71. The van der Waals surface area contributed by atoms with Crippen molar-refractivity contribution in [3.05, 3.63) is 0 Å². The third kappa shape index (κ3) is 3.06. The Morgan fingerprint density at radius 2 is 2.29 bits per heavy atom. The molecule has 1 amide bonds. The first-order valence-corrected chi connectivity index (χ1v) is 5.87. The molecular formula is C9H18N2O2S. The van der Waals surface area contributed by atoms with Gasteiger partial charge in [0.1, 0.15) is 5.60 Å². The van der Waals surface area contributed by atoms with Crippen LogP contribution in [0.15, 0.2) is 0 Å². The van der Waals surface area contributed by atoms with Gasteiger partial charge in [-0.25, -0.2) is 4.79 Å². The maximum absolute atomic E-state index is 11.7. The van der Waals surface area contributed by atoms with E-state index < -0.39 is 5.60 Å². The van der Waals surface area contributed by atoms with Gasteiger partial charge in [-0.2, -0.15) is 0 Å². The van der Waals surface area contributed by atoms with Crippen LogP contribution in [-0.4, -0.2) is 40.8 Å². The molecule has 2 N–H and O–H groups in total. The van der Waals surface area contributed by atoms with Gasteiger partial charge in [-0.1, -0.05) is 0 Å². The van der Waals surface area contributed by atoms with Gasteiger partial charge in [0.15, 0.2) is 0 Å². The van der Waals surface area contributed by atoms with Crippen molar-refractivity contribution in [3.8, 4) is 0 Å². The molecule has 5 heteroatoms. The zero-order valence-corrected chi connectivity index (χ0v) is 9.76. The van der Waals surface area contributed by atoms with Crippen LogP contribution in [0.2, 0.25) is 0 Å². The van der Waals surface area contributed by atoms with Crippen LogP contribution in [0.4, 0.5) is 4.79 Å². The van der Waals surface area contributed by atoms with Crippen LogP contribution >= 0.6 is 11.8 Å². The number of hydrogen-bond donors (Lipinski definition) is 1. The molecule has 0 saturated carbocycles. The number of nitrogens with two attached hydrogens (primary N) is 1. The Bertz CT molecular complexity index is 215. The average molecular weight is 218 g/mol. The van der Waals surface area contributed by atoms with Gasteiger partial charge < -0.3 is 10.5 Å². The molecule has 4 nitrogen and oxygen atoms in total. The maximum atomic E-state index is 11.7. The van der Waals surface area contributed by atoms with E-state index in [9.17, 15) is 4.79 Å². The second kappa shape index (κ2) is 4.40. The zero-order valence-electron chi connectivity index (χ0n) is 8.95. The van der Waals surface area contributed by atoms with Crippen LogP contribution in [0, 0.1) is 0 Å². The molecule has 0 bridgehead atoms. The van der Waals surface area contributed by atoms with E-state index >= 15 is 0 Å². The lowest BCUT2D eigenvalue weighted by molar-refractivity contribution is 0.0246. The first-order chi connectivity index (χ1) is 6.44. The summed E-state index contributed by atoms with van der Waals surface area (Å²) in [5.41, 5.74) is 5.14. The third-order valence-electron chi connectivity index (χ3n) is 1.88. The van der Waals surface area contributed by atoms with Crippen molar-refractivity contribution < 1.29 is 9.53 Å². The Labute approximate surface area is 89.2 Å². The molecule has 1 aliphatic rings. The molecule has 1 aliphatic heterocycles. The van der Waals surface area contributed by atoms with Gasteiger partial charge in [-0.3, -0.25) is 4.90 Å². The average Bonchev–Trinajstić information content (AvgIpc) is 2.47. The number of nitrogens with zero attached hydrogens (tertiary/aromatic N) is 1. The lowest BCUT2D eigenvalue weighted by Crippen LogP contribution is -2.43. The van der Waals surface area contributed by atoms with Crippen molar-refractivity contribution in [2.24, 2.45) is 5.73 Å². The molecule has 0 aliphatic carbocycles. The van der Waals surface area contributed by atoms with Gasteiger partial charge in [0.25, 0.3) is 0 Å². The normalized spacial score (nSPS) is 22.6. The van der Waals surface area contributed by atoms with E-state index in [1.54, 1.807) is 16.7 Å². The zero-order chi connectivity index (χ0) is 10.8.